The summed E-state index contributed by atoms with van der Waals surface area (Å²) in [6, 6.07) is 15.6. The van der Waals surface area contributed by atoms with E-state index in [1.165, 1.54) is 0 Å². The standard InChI is InChI=1S/C16H14O2.H3O3P/c17-11-9-13-5-1-3-7-15(13)16-8-4-2-6-14(16)10-12-18;1-4(2)3/h1-8,11-12H,9-10H2;1-3H. The normalized spacial score (nSPS) is 9.82. The number of hydrogen-bond donors (Lipinski definition) is 3. The van der Waals surface area contributed by atoms with E-state index in [4.69, 9.17) is 14.7 Å². The van der Waals surface area contributed by atoms with Crippen LogP contribution in [-0.4, -0.2) is 27.3 Å². The summed E-state index contributed by atoms with van der Waals surface area (Å²) in [4.78, 5) is 43.1. The van der Waals surface area contributed by atoms with Crippen LogP contribution in [0.1, 0.15) is 11.1 Å². The fraction of sp³-hybridized carbons (Fsp3) is 0.125. The highest BCUT2D eigenvalue weighted by Gasteiger charge is 2.08. The van der Waals surface area contributed by atoms with Gasteiger partial charge in [0.25, 0.3) is 0 Å². The minimum absolute atomic E-state index is 0.394. The summed E-state index contributed by atoms with van der Waals surface area (Å²) in [5.74, 6) is 0. The highest BCUT2D eigenvalue weighted by molar-refractivity contribution is 7.38. The number of carbonyl (C=O) groups is 2. The Kier molecular flexibility index (Phi) is 8.18. The van der Waals surface area contributed by atoms with E-state index in [-0.39, 0.29) is 0 Å². The molecule has 2 rings (SSSR count). The Bertz CT molecular complexity index is 559. The van der Waals surface area contributed by atoms with E-state index in [9.17, 15) is 9.59 Å². The molecular formula is C16H17O5P. The number of hydrogen-bond acceptors (Lipinski definition) is 5. The minimum Gasteiger partial charge on any atom is -0.328 e. The molecule has 0 saturated carbocycles. The Morgan fingerprint density at radius 1 is 0.727 bits per heavy atom. The third-order valence-electron chi connectivity index (χ3n) is 2.93. The minimum atomic E-state index is -2.62. The van der Waals surface area contributed by atoms with Crippen molar-refractivity contribution < 1.29 is 24.3 Å². The van der Waals surface area contributed by atoms with Gasteiger partial charge in [-0.3, -0.25) is 0 Å². The fourth-order valence-corrected chi connectivity index (χ4v) is 2.10. The zero-order valence-electron chi connectivity index (χ0n) is 11.8. The maximum Gasteiger partial charge on any atom is 0.324 e. The lowest BCUT2D eigenvalue weighted by atomic mass is 9.93. The summed E-state index contributed by atoms with van der Waals surface area (Å²) in [7, 11) is -2.62. The van der Waals surface area contributed by atoms with Gasteiger partial charge in [-0.1, -0.05) is 48.5 Å². The summed E-state index contributed by atoms with van der Waals surface area (Å²) >= 11 is 0. The van der Waals surface area contributed by atoms with Crippen LogP contribution < -0.4 is 0 Å². The molecule has 6 heteroatoms. The van der Waals surface area contributed by atoms with E-state index in [0.717, 1.165) is 34.8 Å². The zero-order chi connectivity index (χ0) is 16.4. The van der Waals surface area contributed by atoms with Gasteiger partial charge in [0.1, 0.15) is 12.6 Å². The Hall–Kier alpha value is -1.91. The number of rotatable bonds is 5. The maximum atomic E-state index is 10.7. The molecule has 2 aromatic rings. The quantitative estimate of drug-likeness (QED) is 0.579. The fourth-order valence-electron chi connectivity index (χ4n) is 2.10. The first-order valence-corrected chi connectivity index (χ1v) is 7.70. The van der Waals surface area contributed by atoms with Gasteiger partial charge >= 0.3 is 8.60 Å². The Morgan fingerprint density at radius 3 is 1.36 bits per heavy atom. The van der Waals surface area contributed by atoms with Gasteiger partial charge in [0.05, 0.1) is 0 Å². The number of benzene rings is 2. The van der Waals surface area contributed by atoms with Crippen LogP contribution in [0.5, 0.6) is 0 Å². The predicted octanol–water partition coefficient (Wildman–Crippen LogP) is 2.03. The summed E-state index contributed by atoms with van der Waals surface area (Å²) in [5.41, 5.74) is 4.04. The van der Waals surface area contributed by atoms with Crippen LogP contribution in [0.15, 0.2) is 48.5 Å². The first kappa shape index (κ1) is 18.1. The van der Waals surface area contributed by atoms with Gasteiger partial charge in [-0.05, 0) is 22.3 Å². The van der Waals surface area contributed by atoms with Gasteiger partial charge in [0.15, 0.2) is 0 Å². The van der Waals surface area contributed by atoms with Crippen molar-refractivity contribution in [3.63, 3.8) is 0 Å². The number of carbonyl (C=O) groups excluding carboxylic acids is 2. The van der Waals surface area contributed by atoms with Crippen molar-refractivity contribution >= 4 is 21.2 Å². The average molecular weight is 320 g/mol. The van der Waals surface area contributed by atoms with Crippen molar-refractivity contribution in [2.24, 2.45) is 0 Å². The summed E-state index contributed by atoms with van der Waals surface area (Å²) < 4.78 is 0. The topological polar surface area (TPSA) is 94.8 Å². The highest BCUT2D eigenvalue weighted by atomic mass is 31.2. The molecule has 0 heterocycles. The SMILES string of the molecule is O=CCc1ccccc1-c1ccccc1CC=O.OP(O)O. The van der Waals surface area contributed by atoms with Gasteiger partial charge < -0.3 is 24.3 Å². The average Bonchev–Trinajstić information content (AvgIpc) is 2.49. The lowest BCUT2D eigenvalue weighted by Crippen LogP contribution is -1.95. The zero-order valence-corrected chi connectivity index (χ0v) is 12.7. The van der Waals surface area contributed by atoms with Crippen LogP contribution in [0.2, 0.25) is 0 Å². The third kappa shape index (κ3) is 5.84. The molecule has 0 atom stereocenters. The van der Waals surface area contributed by atoms with Crippen molar-refractivity contribution in [2.45, 2.75) is 12.8 Å². The molecule has 22 heavy (non-hydrogen) atoms. The molecule has 2 aromatic carbocycles. The van der Waals surface area contributed by atoms with E-state index in [1.54, 1.807) is 0 Å². The first-order valence-electron chi connectivity index (χ1n) is 6.50. The smallest absolute Gasteiger partial charge is 0.324 e. The van der Waals surface area contributed by atoms with Crippen molar-refractivity contribution in [1.29, 1.82) is 0 Å². The summed E-state index contributed by atoms with van der Waals surface area (Å²) in [6.45, 7) is 0. The number of aldehydes is 2. The van der Waals surface area contributed by atoms with Crippen LogP contribution in [0.25, 0.3) is 11.1 Å². The first-order chi connectivity index (χ1) is 10.6. The molecule has 0 aliphatic carbocycles. The second-order valence-electron chi connectivity index (χ2n) is 4.32. The van der Waals surface area contributed by atoms with Crippen molar-refractivity contribution in [2.75, 3.05) is 0 Å². The lowest BCUT2D eigenvalue weighted by Gasteiger charge is -2.11. The van der Waals surface area contributed by atoms with E-state index in [0.29, 0.717) is 12.8 Å². The van der Waals surface area contributed by atoms with E-state index in [1.807, 2.05) is 48.5 Å². The van der Waals surface area contributed by atoms with E-state index < -0.39 is 8.60 Å². The second kappa shape index (κ2) is 9.92. The molecule has 0 bridgehead atoms. The molecule has 0 fully saturated rings. The lowest BCUT2D eigenvalue weighted by molar-refractivity contribution is -0.108. The van der Waals surface area contributed by atoms with E-state index in [2.05, 4.69) is 0 Å². The van der Waals surface area contributed by atoms with Crippen LogP contribution in [-0.2, 0) is 22.4 Å². The van der Waals surface area contributed by atoms with Crippen molar-refractivity contribution in [3.05, 3.63) is 59.7 Å². The molecule has 0 unspecified atom stereocenters. The molecule has 0 aliphatic rings. The summed E-state index contributed by atoms with van der Waals surface area (Å²) in [6.07, 6.45) is 2.60. The largest absolute Gasteiger partial charge is 0.328 e. The Balaban J connectivity index is 0.000000541. The molecule has 5 nitrogen and oxygen atoms in total. The predicted molar refractivity (Wildman–Crippen MR) is 85.0 cm³/mol. The van der Waals surface area contributed by atoms with Crippen LogP contribution in [0, 0.1) is 0 Å². The molecular weight excluding hydrogens is 303 g/mol. The van der Waals surface area contributed by atoms with Crippen LogP contribution in [0.4, 0.5) is 0 Å². The monoisotopic (exact) mass is 320 g/mol. The van der Waals surface area contributed by atoms with Gasteiger partial charge in [-0.15, -0.1) is 0 Å². The van der Waals surface area contributed by atoms with Gasteiger partial charge in [0.2, 0.25) is 0 Å². The molecule has 3 N–H and O–H groups in total. The van der Waals surface area contributed by atoms with Gasteiger partial charge in [-0.2, -0.15) is 0 Å². The second-order valence-corrected chi connectivity index (χ2v) is 4.86. The van der Waals surface area contributed by atoms with Gasteiger partial charge in [0, 0.05) is 12.8 Å². The summed E-state index contributed by atoms with van der Waals surface area (Å²) in [5, 5.41) is 0. The van der Waals surface area contributed by atoms with E-state index >= 15 is 0 Å². The molecule has 0 saturated heterocycles. The van der Waals surface area contributed by atoms with Crippen LogP contribution >= 0.6 is 8.60 Å². The van der Waals surface area contributed by atoms with Gasteiger partial charge in [-0.25, -0.2) is 0 Å². The third-order valence-corrected chi connectivity index (χ3v) is 2.93. The molecule has 116 valence electrons. The molecule has 0 aromatic heterocycles. The molecule has 0 radical (unpaired) electrons. The molecule has 0 aliphatic heterocycles. The maximum absolute atomic E-state index is 10.7. The van der Waals surface area contributed by atoms with Crippen molar-refractivity contribution in [1.82, 2.24) is 0 Å². The van der Waals surface area contributed by atoms with Crippen molar-refractivity contribution in [3.8, 4) is 11.1 Å². The molecule has 0 spiro atoms. The Morgan fingerprint density at radius 2 is 1.05 bits per heavy atom. The highest BCUT2D eigenvalue weighted by Crippen LogP contribution is 2.27. The Labute approximate surface area is 129 Å². The molecule has 0 amide bonds. The van der Waals surface area contributed by atoms with Crippen LogP contribution in [0.3, 0.4) is 0 Å².